The van der Waals surface area contributed by atoms with Gasteiger partial charge in [0.2, 0.25) is 5.91 Å². The van der Waals surface area contributed by atoms with E-state index in [0.717, 1.165) is 56.9 Å². The number of fused-ring (bicyclic) bond motifs is 7. The van der Waals surface area contributed by atoms with Crippen LogP contribution in [0, 0.1) is 62.6 Å². The SMILES string of the molecule is C=C(C)[C@@H]1CC[C@]2(C(=O)NCCc3cccc(C(=O)NCC4CCC(C(=O)OC)CN4)c3)CC[C@]3(C)C(CCC4[C@@]5(C)CC[C@H](O)C(C)(C)C5CC[C@]43C)C12. The van der Waals surface area contributed by atoms with Gasteiger partial charge >= 0.3 is 5.97 Å². The molecule has 8 nitrogen and oxygen atoms in total. The number of esters is 1. The minimum Gasteiger partial charge on any atom is -0.469 e. The summed E-state index contributed by atoms with van der Waals surface area (Å²) < 4.78 is 4.88. The Kier molecular flexibility index (Phi) is 11.0. The number of aliphatic hydroxyl groups excluding tert-OH is 1. The van der Waals surface area contributed by atoms with Crippen molar-refractivity contribution >= 4 is 17.8 Å². The van der Waals surface area contributed by atoms with Crippen LogP contribution in [0.3, 0.4) is 0 Å². The normalized spacial score (nSPS) is 41.7. The lowest BCUT2D eigenvalue weighted by atomic mass is 9.32. The number of piperidine rings is 1. The van der Waals surface area contributed by atoms with Gasteiger partial charge in [0.1, 0.15) is 0 Å². The molecule has 6 unspecified atom stereocenters. The molecule has 6 fully saturated rings. The Morgan fingerprint density at radius 2 is 1.67 bits per heavy atom. The fourth-order valence-electron chi connectivity index (χ4n) is 14.7. The number of hydrogen-bond acceptors (Lipinski definition) is 6. The summed E-state index contributed by atoms with van der Waals surface area (Å²) >= 11 is 0. The molecule has 12 atom stereocenters. The second-order valence-electron chi connectivity index (χ2n) is 20.5. The maximum atomic E-state index is 14.7. The highest BCUT2D eigenvalue weighted by atomic mass is 16.5. The van der Waals surface area contributed by atoms with Crippen LogP contribution in [-0.2, 0) is 20.7 Å². The lowest BCUT2D eigenvalue weighted by molar-refractivity contribution is -0.246. The Morgan fingerprint density at radius 1 is 0.891 bits per heavy atom. The number of hydrogen-bond donors (Lipinski definition) is 4. The summed E-state index contributed by atoms with van der Waals surface area (Å²) in [7, 11) is 1.42. The zero-order valence-electron chi connectivity index (χ0n) is 35.0. The van der Waals surface area contributed by atoms with Crippen molar-refractivity contribution in [3.05, 3.63) is 47.5 Å². The van der Waals surface area contributed by atoms with Gasteiger partial charge in [0.15, 0.2) is 0 Å². The van der Waals surface area contributed by atoms with Gasteiger partial charge < -0.3 is 25.8 Å². The first kappa shape index (κ1) is 40.5. The van der Waals surface area contributed by atoms with Crippen molar-refractivity contribution in [3.63, 3.8) is 0 Å². The van der Waals surface area contributed by atoms with Crippen LogP contribution in [0.25, 0.3) is 0 Å². The smallest absolute Gasteiger partial charge is 0.309 e. The minimum absolute atomic E-state index is 0.0536. The van der Waals surface area contributed by atoms with E-state index < -0.39 is 0 Å². The predicted octanol–water partition coefficient (Wildman–Crippen LogP) is 7.63. The van der Waals surface area contributed by atoms with Gasteiger partial charge in [-0.05, 0) is 159 Å². The molecule has 1 aromatic carbocycles. The van der Waals surface area contributed by atoms with E-state index in [1.54, 1.807) is 0 Å². The van der Waals surface area contributed by atoms with Crippen molar-refractivity contribution in [1.29, 1.82) is 0 Å². The maximum absolute atomic E-state index is 14.7. The van der Waals surface area contributed by atoms with Crippen LogP contribution >= 0.6 is 0 Å². The van der Waals surface area contributed by atoms with Crippen molar-refractivity contribution < 1.29 is 24.2 Å². The Labute approximate surface area is 331 Å². The molecule has 0 spiro atoms. The van der Waals surface area contributed by atoms with Crippen molar-refractivity contribution in [2.75, 3.05) is 26.7 Å². The van der Waals surface area contributed by atoms with Crippen LogP contribution in [0.4, 0.5) is 0 Å². The average molecular weight is 758 g/mol. The third-order valence-electron chi connectivity index (χ3n) is 17.9. The number of benzene rings is 1. The average Bonchev–Trinajstić information content (AvgIpc) is 3.57. The van der Waals surface area contributed by atoms with Crippen LogP contribution in [0.2, 0.25) is 0 Å². The van der Waals surface area contributed by atoms with Gasteiger partial charge in [-0.2, -0.15) is 0 Å². The third kappa shape index (κ3) is 6.61. The van der Waals surface area contributed by atoms with Gasteiger partial charge in [-0.3, -0.25) is 14.4 Å². The van der Waals surface area contributed by atoms with Crippen LogP contribution in [0.1, 0.15) is 135 Å². The van der Waals surface area contributed by atoms with Crippen LogP contribution < -0.4 is 16.0 Å². The number of allylic oxidation sites excluding steroid dienone is 1. The van der Waals surface area contributed by atoms with E-state index in [0.29, 0.717) is 61.2 Å². The molecule has 0 aromatic heterocycles. The summed E-state index contributed by atoms with van der Waals surface area (Å²) in [5.41, 5.74) is 3.10. The number of amides is 2. The lowest BCUT2D eigenvalue weighted by Gasteiger charge is -2.72. The van der Waals surface area contributed by atoms with Crippen molar-refractivity contribution in [3.8, 4) is 0 Å². The molecule has 304 valence electrons. The Balaban J connectivity index is 1.01. The second-order valence-corrected chi connectivity index (χ2v) is 20.5. The Bertz CT molecular complexity index is 1650. The molecule has 0 radical (unpaired) electrons. The minimum atomic E-state index is -0.360. The fourth-order valence-corrected chi connectivity index (χ4v) is 14.7. The van der Waals surface area contributed by atoms with E-state index in [-0.39, 0.29) is 62.9 Å². The summed E-state index contributed by atoms with van der Waals surface area (Å²) in [5.74, 6) is 2.18. The zero-order valence-corrected chi connectivity index (χ0v) is 35.0. The van der Waals surface area contributed by atoms with E-state index in [2.05, 4.69) is 64.1 Å². The molecule has 0 bridgehead atoms. The van der Waals surface area contributed by atoms with Gasteiger partial charge in [0.25, 0.3) is 5.91 Å². The molecule has 2 amide bonds. The van der Waals surface area contributed by atoms with Gasteiger partial charge in [0, 0.05) is 31.2 Å². The topological polar surface area (TPSA) is 117 Å². The van der Waals surface area contributed by atoms with E-state index in [1.165, 1.54) is 38.4 Å². The molecule has 1 heterocycles. The zero-order chi connectivity index (χ0) is 39.6. The van der Waals surface area contributed by atoms with Crippen molar-refractivity contribution in [2.24, 2.45) is 62.6 Å². The highest BCUT2D eigenvalue weighted by Crippen LogP contribution is 2.77. The molecule has 1 saturated heterocycles. The van der Waals surface area contributed by atoms with Gasteiger partial charge in [-0.15, -0.1) is 0 Å². The molecule has 6 aliphatic rings. The predicted molar refractivity (Wildman–Crippen MR) is 217 cm³/mol. The molecular weight excluding hydrogens is 687 g/mol. The number of methoxy groups -OCH3 is 1. The molecule has 8 heteroatoms. The maximum Gasteiger partial charge on any atom is 0.309 e. The van der Waals surface area contributed by atoms with Gasteiger partial charge in [0.05, 0.1) is 24.5 Å². The molecule has 1 aromatic rings. The first-order valence-electron chi connectivity index (χ1n) is 21.8. The summed E-state index contributed by atoms with van der Waals surface area (Å²) in [6.07, 6.45) is 12.9. The highest BCUT2D eigenvalue weighted by Gasteiger charge is 2.71. The molecule has 1 aliphatic heterocycles. The molecule has 55 heavy (non-hydrogen) atoms. The third-order valence-corrected chi connectivity index (χ3v) is 17.9. The van der Waals surface area contributed by atoms with Crippen LogP contribution in [-0.4, -0.2) is 61.8 Å². The number of carbonyl (C=O) groups is 3. The largest absolute Gasteiger partial charge is 0.469 e. The first-order chi connectivity index (χ1) is 26.0. The number of carbonyl (C=O) groups excluding carboxylic acids is 3. The molecule has 5 saturated carbocycles. The number of ether oxygens (including phenoxy) is 1. The van der Waals surface area contributed by atoms with E-state index in [4.69, 9.17) is 4.74 Å². The molecule has 4 N–H and O–H groups in total. The van der Waals surface area contributed by atoms with E-state index >= 15 is 0 Å². The summed E-state index contributed by atoms with van der Waals surface area (Å²) in [6.45, 7) is 20.9. The fraction of sp³-hybridized carbons (Fsp3) is 0.766. The number of nitrogens with one attached hydrogen (secondary N) is 3. The first-order valence-corrected chi connectivity index (χ1v) is 21.8. The van der Waals surface area contributed by atoms with Crippen LogP contribution in [0.15, 0.2) is 36.4 Å². The highest BCUT2D eigenvalue weighted by molar-refractivity contribution is 5.94. The second kappa shape index (κ2) is 14.9. The van der Waals surface area contributed by atoms with E-state index in [9.17, 15) is 19.5 Å². The van der Waals surface area contributed by atoms with Crippen molar-refractivity contribution in [1.82, 2.24) is 16.0 Å². The lowest BCUT2D eigenvalue weighted by Crippen LogP contribution is -2.67. The van der Waals surface area contributed by atoms with Gasteiger partial charge in [-0.1, -0.05) is 58.9 Å². The molecular formula is C47H71N3O5. The Morgan fingerprint density at radius 3 is 2.38 bits per heavy atom. The monoisotopic (exact) mass is 758 g/mol. The van der Waals surface area contributed by atoms with Crippen molar-refractivity contribution in [2.45, 2.75) is 137 Å². The van der Waals surface area contributed by atoms with Crippen LogP contribution in [0.5, 0.6) is 0 Å². The number of aliphatic hydroxyl groups is 1. The summed E-state index contributed by atoms with van der Waals surface area (Å²) in [5, 5.41) is 21.0. The quantitative estimate of drug-likeness (QED) is 0.152. The number of rotatable bonds is 9. The molecule has 5 aliphatic carbocycles. The summed E-state index contributed by atoms with van der Waals surface area (Å²) in [6, 6.07) is 7.89. The standard InChI is InChI=1S/C47H71N3O5/c1-29(2)34-16-22-47(42(54)48-25-19-30-10-9-11-31(26-30)40(52)50-28-33-13-12-32(27-49-33)41(53)55-8)24-23-45(6)35(39(34)47)14-15-37-44(5)20-18-38(51)43(3,4)36(44)17-21-46(37,45)7/h9-11,26,32-39,49,51H,1,12-25,27-28H2,2-8H3,(H,48,54)(H,50,52)/t32?,33?,34-,35?,36?,37?,38-,39?,44-,45+,46+,47-/m0/s1. The van der Waals surface area contributed by atoms with Gasteiger partial charge in [-0.25, -0.2) is 0 Å². The molecule has 7 rings (SSSR count). The van der Waals surface area contributed by atoms with E-state index in [1.807, 2.05) is 24.3 Å². The Hall–Kier alpha value is -2.71. The summed E-state index contributed by atoms with van der Waals surface area (Å²) in [4.78, 5) is 39.7.